The number of aryl methyl sites for hydroxylation is 1. The van der Waals surface area contributed by atoms with Crippen LogP contribution in [-0.2, 0) is 11.0 Å². The molecule has 0 unspecified atom stereocenters. The molecule has 26 heavy (non-hydrogen) atoms. The van der Waals surface area contributed by atoms with E-state index >= 15 is 0 Å². The molecule has 7 heteroatoms. The van der Waals surface area contributed by atoms with Crippen LogP contribution in [-0.4, -0.2) is 12.5 Å². The van der Waals surface area contributed by atoms with Crippen molar-refractivity contribution >= 4 is 23.2 Å². The van der Waals surface area contributed by atoms with Crippen molar-refractivity contribution in [2.24, 2.45) is 0 Å². The standard InChI is InChI=1S/C19H19ClF3NO2/c1-11(2)14-6-4-12(3)8-17(14)26-10-18(25)24-16-7-5-13(9-15(16)20)19(21,22)23/h4-9,11H,10H2,1-3H3,(H,24,25). The van der Waals surface area contributed by atoms with E-state index in [-0.39, 0.29) is 23.2 Å². The smallest absolute Gasteiger partial charge is 0.416 e. The zero-order chi connectivity index (χ0) is 19.5. The molecule has 0 saturated carbocycles. The fourth-order valence-corrected chi connectivity index (χ4v) is 2.59. The van der Waals surface area contributed by atoms with Crippen molar-refractivity contribution in [1.82, 2.24) is 0 Å². The molecule has 0 spiro atoms. The average Bonchev–Trinajstić information content (AvgIpc) is 2.53. The summed E-state index contributed by atoms with van der Waals surface area (Å²) in [6.07, 6.45) is -4.49. The van der Waals surface area contributed by atoms with E-state index in [0.29, 0.717) is 5.75 Å². The summed E-state index contributed by atoms with van der Waals surface area (Å²) in [5, 5.41) is 2.27. The van der Waals surface area contributed by atoms with E-state index in [1.165, 1.54) is 0 Å². The number of rotatable bonds is 5. The number of anilines is 1. The third-order valence-corrected chi connectivity index (χ3v) is 4.03. The summed E-state index contributed by atoms with van der Waals surface area (Å²) in [7, 11) is 0. The van der Waals surface area contributed by atoms with Crippen LogP contribution >= 0.6 is 11.6 Å². The lowest BCUT2D eigenvalue weighted by molar-refractivity contribution is -0.137. The molecular formula is C19H19ClF3NO2. The first-order valence-electron chi connectivity index (χ1n) is 7.98. The number of ether oxygens (including phenoxy) is 1. The van der Waals surface area contributed by atoms with Crippen LogP contribution in [0, 0.1) is 6.92 Å². The Hall–Kier alpha value is -2.21. The van der Waals surface area contributed by atoms with Crippen molar-refractivity contribution in [3.8, 4) is 5.75 Å². The summed E-state index contributed by atoms with van der Waals surface area (Å²) < 4.78 is 43.5. The van der Waals surface area contributed by atoms with Crippen LogP contribution in [0.1, 0.15) is 36.5 Å². The first-order chi connectivity index (χ1) is 12.1. The summed E-state index contributed by atoms with van der Waals surface area (Å²) in [5.41, 5.74) is 1.19. The molecule has 0 aliphatic rings. The Morgan fingerprint density at radius 2 is 1.88 bits per heavy atom. The summed E-state index contributed by atoms with van der Waals surface area (Å²) >= 11 is 5.83. The van der Waals surface area contributed by atoms with E-state index < -0.39 is 17.6 Å². The van der Waals surface area contributed by atoms with Crippen LogP contribution in [0.25, 0.3) is 0 Å². The van der Waals surface area contributed by atoms with Crippen molar-refractivity contribution < 1.29 is 22.7 Å². The van der Waals surface area contributed by atoms with E-state index in [4.69, 9.17) is 16.3 Å². The molecule has 0 aliphatic heterocycles. The quantitative estimate of drug-likeness (QED) is 0.705. The number of hydrogen-bond donors (Lipinski definition) is 1. The molecule has 0 atom stereocenters. The predicted octanol–water partition coefficient (Wildman–Crippen LogP) is 5.81. The van der Waals surface area contributed by atoms with Gasteiger partial charge >= 0.3 is 6.18 Å². The van der Waals surface area contributed by atoms with Gasteiger partial charge in [0.25, 0.3) is 5.91 Å². The highest BCUT2D eigenvalue weighted by atomic mass is 35.5. The third kappa shape index (κ3) is 5.14. The highest BCUT2D eigenvalue weighted by Gasteiger charge is 2.31. The molecule has 1 N–H and O–H groups in total. The Morgan fingerprint density at radius 1 is 1.19 bits per heavy atom. The maximum absolute atomic E-state index is 12.6. The summed E-state index contributed by atoms with van der Waals surface area (Å²) in [5.74, 6) is 0.314. The topological polar surface area (TPSA) is 38.3 Å². The minimum Gasteiger partial charge on any atom is -0.483 e. The van der Waals surface area contributed by atoms with Gasteiger partial charge in [-0.15, -0.1) is 0 Å². The average molecular weight is 386 g/mol. The molecule has 0 fully saturated rings. The normalized spacial score (nSPS) is 11.5. The van der Waals surface area contributed by atoms with Gasteiger partial charge in [-0.2, -0.15) is 13.2 Å². The number of benzene rings is 2. The summed E-state index contributed by atoms with van der Waals surface area (Å²) in [4.78, 5) is 12.1. The highest BCUT2D eigenvalue weighted by molar-refractivity contribution is 6.33. The lowest BCUT2D eigenvalue weighted by atomic mass is 10.0. The van der Waals surface area contributed by atoms with Crippen LogP contribution in [0.5, 0.6) is 5.75 Å². The zero-order valence-electron chi connectivity index (χ0n) is 14.6. The number of carbonyl (C=O) groups excluding carboxylic acids is 1. The minimum absolute atomic E-state index is 0.0987. The van der Waals surface area contributed by atoms with E-state index in [1.54, 1.807) is 0 Å². The van der Waals surface area contributed by atoms with Crippen LogP contribution in [0.2, 0.25) is 5.02 Å². The van der Waals surface area contributed by atoms with Crippen molar-refractivity contribution in [2.45, 2.75) is 32.9 Å². The van der Waals surface area contributed by atoms with Gasteiger partial charge in [0.2, 0.25) is 0 Å². The van der Waals surface area contributed by atoms with Crippen molar-refractivity contribution in [3.63, 3.8) is 0 Å². The fraction of sp³-hybridized carbons (Fsp3) is 0.316. The number of amides is 1. The Kier molecular flexibility index (Phi) is 6.18. The van der Waals surface area contributed by atoms with Crippen LogP contribution in [0.15, 0.2) is 36.4 Å². The number of nitrogens with one attached hydrogen (secondary N) is 1. The molecule has 0 radical (unpaired) electrons. The van der Waals surface area contributed by atoms with Crippen LogP contribution in [0.3, 0.4) is 0 Å². The van der Waals surface area contributed by atoms with Gasteiger partial charge < -0.3 is 10.1 Å². The Morgan fingerprint density at radius 3 is 2.46 bits per heavy atom. The second-order valence-electron chi connectivity index (χ2n) is 6.23. The number of hydrogen-bond acceptors (Lipinski definition) is 2. The molecule has 0 heterocycles. The van der Waals surface area contributed by atoms with Gasteiger partial charge in [0, 0.05) is 0 Å². The Balaban J connectivity index is 2.05. The predicted molar refractivity (Wildman–Crippen MR) is 95.8 cm³/mol. The molecular weight excluding hydrogens is 367 g/mol. The molecule has 0 aromatic heterocycles. The Bertz CT molecular complexity index is 804. The van der Waals surface area contributed by atoms with Gasteiger partial charge in [0.15, 0.2) is 6.61 Å². The van der Waals surface area contributed by atoms with Crippen LogP contribution < -0.4 is 10.1 Å². The van der Waals surface area contributed by atoms with Gasteiger partial charge in [-0.1, -0.05) is 37.6 Å². The fourth-order valence-electron chi connectivity index (χ4n) is 2.37. The molecule has 1 amide bonds. The maximum Gasteiger partial charge on any atom is 0.416 e. The Labute approximate surface area is 155 Å². The largest absolute Gasteiger partial charge is 0.483 e. The van der Waals surface area contributed by atoms with Gasteiger partial charge in [0.1, 0.15) is 5.75 Å². The lowest BCUT2D eigenvalue weighted by Gasteiger charge is -2.15. The van der Waals surface area contributed by atoms with E-state index in [9.17, 15) is 18.0 Å². The monoisotopic (exact) mass is 385 g/mol. The maximum atomic E-state index is 12.6. The number of alkyl halides is 3. The van der Waals surface area contributed by atoms with Gasteiger partial charge in [-0.3, -0.25) is 4.79 Å². The van der Waals surface area contributed by atoms with Gasteiger partial charge in [-0.25, -0.2) is 0 Å². The SMILES string of the molecule is Cc1ccc(C(C)C)c(OCC(=O)Nc2ccc(C(F)(F)F)cc2Cl)c1. The second kappa shape index (κ2) is 7.99. The van der Waals surface area contributed by atoms with E-state index in [1.807, 2.05) is 39.0 Å². The first kappa shape index (κ1) is 20.1. The number of halogens is 4. The number of carbonyl (C=O) groups is 1. The molecule has 2 aromatic carbocycles. The minimum atomic E-state index is -4.49. The van der Waals surface area contributed by atoms with E-state index in [0.717, 1.165) is 29.3 Å². The molecule has 2 aromatic rings. The first-order valence-corrected chi connectivity index (χ1v) is 8.35. The third-order valence-electron chi connectivity index (χ3n) is 3.72. The summed E-state index contributed by atoms with van der Waals surface area (Å²) in [6, 6.07) is 8.50. The van der Waals surface area contributed by atoms with Crippen LogP contribution in [0.4, 0.5) is 18.9 Å². The molecule has 2 rings (SSSR count). The molecule has 140 valence electrons. The molecule has 0 bridgehead atoms. The molecule has 0 saturated heterocycles. The summed E-state index contributed by atoms with van der Waals surface area (Å²) in [6.45, 7) is 5.67. The highest BCUT2D eigenvalue weighted by Crippen LogP contribution is 2.33. The molecule has 3 nitrogen and oxygen atoms in total. The molecule has 0 aliphatic carbocycles. The zero-order valence-corrected chi connectivity index (χ0v) is 15.3. The van der Waals surface area contributed by atoms with Gasteiger partial charge in [-0.05, 0) is 48.2 Å². The second-order valence-corrected chi connectivity index (χ2v) is 6.63. The van der Waals surface area contributed by atoms with Gasteiger partial charge in [0.05, 0.1) is 16.3 Å². The van der Waals surface area contributed by atoms with Crippen molar-refractivity contribution in [2.75, 3.05) is 11.9 Å². The van der Waals surface area contributed by atoms with Crippen molar-refractivity contribution in [1.29, 1.82) is 0 Å². The van der Waals surface area contributed by atoms with E-state index in [2.05, 4.69) is 5.32 Å². The lowest BCUT2D eigenvalue weighted by Crippen LogP contribution is -2.21. The van der Waals surface area contributed by atoms with Crippen molar-refractivity contribution in [3.05, 3.63) is 58.1 Å².